The molecule has 2 unspecified atom stereocenters. The van der Waals surface area contributed by atoms with E-state index in [4.69, 9.17) is 4.74 Å². The molecular formula is C28H32N2O5. The number of rotatable bonds is 7. The van der Waals surface area contributed by atoms with Gasteiger partial charge in [0.25, 0.3) is 0 Å². The van der Waals surface area contributed by atoms with E-state index in [2.05, 4.69) is 34.9 Å². The molecule has 3 N–H and O–H groups in total. The summed E-state index contributed by atoms with van der Waals surface area (Å²) >= 11 is 0. The molecule has 0 aliphatic heterocycles. The van der Waals surface area contributed by atoms with E-state index >= 15 is 0 Å². The van der Waals surface area contributed by atoms with Gasteiger partial charge in [0, 0.05) is 5.92 Å². The molecule has 0 bridgehead atoms. The Kier molecular flexibility index (Phi) is 6.03. The Bertz CT molecular complexity index is 1110. The monoisotopic (exact) mass is 476 g/mol. The topological polar surface area (TPSA) is 105 Å². The first-order valence-electron chi connectivity index (χ1n) is 12.5. The number of hydrogen-bond acceptors (Lipinski definition) is 4. The number of aliphatic carboxylic acids is 1. The van der Waals surface area contributed by atoms with E-state index < -0.39 is 29.1 Å². The van der Waals surface area contributed by atoms with Crippen molar-refractivity contribution in [2.45, 2.75) is 68.9 Å². The first kappa shape index (κ1) is 23.4. The van der Waals surface area contributed by atoms with Gasteiger partial charge in [0.2, 0.25) is 5.91 Å². The molecule has 2 saturated carbocycles. The number of alkyl carbamates (subject to hydrolysis) is 1. The molecule has 7 nitrogen and oxygen atoms in total. The second-order valence-electron chi connectivity index (χ2n) is 10.5. The van der Waals surface area contributed by atoms with Gasteiger partial charge in [-0.25, -0.2) is 4.79 Å². The van der Waals surface area contributed by atoms with E-state index in [9.17, 15) is 19.5 Å². The molecule has 2 amide bonds. The van der Waals surface area contributed by atoms with E-state index in [1.165, 1.54) is 11.1 Å². The fourth-order valence-corrected chi connectivity index (χ4v) is 5.91. The summed E-state index contributed by atoms with van der Waals surface area (Å²) in [6.07, 6.45) is 3.87. The number of amides is 2. The molecule has 2 fully saturated rings. The lowest BCUT2D eigenvalue weighted by molar-refractivity contribution is -0.138. The highest BCUT2D eigenvalue weighted by molar-refractivity contribution is 5.84. The molecule has 5 rings (SSSR count). The van der Waals surface area contributed by atoms with Crippen LogP contribution in [0.15, 0.2) is 48.5 Å². The largest absolute Gasteiger partial charge is 0.481 e. The van der Waals surface area contributed by atoms with Crippen molar-refractivity contribution >= 4 is 18.0 Å². The van der Waals surface area contributed by atoms with Crippen LogP contribution in [0.2, 0.25) is 0 Å². The molecule has 2 atom stereocenters. The van der Waals surface area contributed by atoms with Crippen molar-refractivity contribution in [3.8, 4) is 11.1 Å². The summed E-state index contributed by atoms with van der Waals surface area (Å²) in [5, 5.41) is 15.2. The number of nitrogens with one attached hydrogen (secondary N) is 2. The second kappa shape index (κ2) is 9.02. The van der Waals surface area contributed by atoms with Crippen LogP contribution in [-0.2, 0) is 14.3 Å². The maximum Gasteiger partial charge on any atom is 0.407 e. The summed E-state index contributed by atoms with van der Waals surface area (Å²) in [7, 11) is 0. The minimum absolute atomic E-state index is 0.0304. The fourth-order valence-electron chi connectivity index (χ4n) is 5.91. The number of carboxylic acid groups (broad SMARTS) is 1. The Morgan fingerprint density at radius 3 is 2.17 bits per heavy atom. The fraction of sp³-hybridized carbons (Fsp3) is 0.464. The van der Waals surface area contributed by atoms with Gasteiger partial charge in [-0.3, -0.25) is 9.59 Å². The number of carboxylic acids is 1. The molecular weight excluding hydrogens is 444 g/mol. The summed E-state index contributed by atoms with van der Waals surface area (Å²) in [5.74, 6) is -1.55. The third kappa shape index (κ3) is 4.64. The van der Waals surface area contributed by atoms with Crippen LogP contribution in [-0.4, -0.2) is 40.8 Å². The molecule has 2 aromatic carbocycles. The lowest BCUT2D eigenvalue weighted by Crippen LogP contribution is -2.58. The lowest BCUT2D eigenvalue weighted by atomic mass is 9.73. The van der Waals surface area contributed by atoms with Crippen LogP contribution >= 0.6 is 0 Å². The van der Waals surface area contributed by atoms with Crippen LogP contribution in [0.3, 0.4) is 0 Å². The molecule has 0 spiro atoms. The lowest BCUT2D eigenvalue weighted by Gasteiger charge is -2.41. The number of ether oxygens (including phenoxy) is 1. The summed E-state index contributed by atoms with van der Waals surface area (Å²) < 4.78 is 5.74. The average molecular weight is 477 g/mol. The van der Waals surface area contributed by atoms with Gasteiger partial charge < -0.3 is 20.5 Å². The smallest absolute Gasteiger partial charge is 0.407 e. The van der Waals surface area contributed by atoms with Gasteiger partial charge in [-0.1, -0.05) is 61.4 Å². The van der Waals surface area contributed by atoms with Crippen molar-refractivity contribution in [3.63, 3.8) is 0 Å². The minimum atomic E-state index is -0.911. The van der Waals surface area contributed by atoms with Crippen LogP contribution < -0.4 is 10.6 Å². The number of benzene rings is 2. The van der Waals surface area contributed by atoms with Crippen molar-refractivity contribution in [2.24, 2.45) is 5.92 Å². The molecule has 2 aromatic rings. The van der Waals surface area contributed by atoms with Crippen LogP contribution in [0.4, 0.5) is 4.79 Å². The third-order valence-corrected chi connectivity index (χ3v) is 7.99. The van der Waals surface area contributed by atoms with Crippen molar-refractivity contribution < 1.29 is 24.2 Å². The zero-order chi connectivity index (χ0) is 24.6. The molecule has 0 heterocycles. The van der Waals surface area contributed by atoms with Gasteiger partial charge in [-0.05, 0) is 54.9 Å². The summed E-state index contributed by atoms with van der Waals surface area (Å²) in [6.45, 7) is 2.11. The van der Waals surface area contributed by atoms with E-state index in [0.717, 1.165) is 24.0 Å². The Morgan fingerprint density at radius 1 is 0.943 bits per heavy atom. The van der Waals surface area contributed by atoms with Crippen molar-refractivity contribution in [2.75, 3.05) is 6.61 Å². The molecule has 0 saturated heterocycles. The van der Waals surface area contributed by atoms with E-state index in [1.807, 2.05) is 31.2 Å². The molecule has 184 valence electrons. The minimum Gasteiger partial charge on any atom is -0.481 e. The normalized spacial score (nSPS) is 24.1. The zero-order valence-corrected chi connectivity index (χ0v) is 20.0. The third-order valence-electron chi connectivity index (χ3n) is 7.99. The zero-order valence-electron chi connectivity index (χ0n) is 20.0. The van der Waals surface area contributed by atoms with Crippen LogP contribution in [0.5, 0.6) is 0 Å². The number of carbonyl (C=O) groups is 3. The van der Waals surface area contributed by atoms with Crippen LogP contribution in [0, 0.1) is 5.92 Å². The number of carbonyl (C=O) groups excluding carboxylic acids is 2. The Balaban J connectivity index is 1.25. The van der Waals surface area contributed by atoms with Gasteiger partial charge in [-0.15, -0.1) is 0 Å². The Hall–Kier alpha value is -3.35. The van der Waals surface area contributed by atoms with Gasteiger partial charge >= 0.3 is 12.1 Å². The molecule has 3 aliphatic carbocycles. The Labute approximate surface area is 205 Å². The highest BCUT2D eigenvalue weighted by Gasteiger charge is 2.50. The van der Waals surface area contributed by atoms with Crippen LogP contribution in [0.1, 0.15) is 68.9 Å². The molecule has 7 heteroatoms. The van der Waals surface area contributed by atoms with Crippen LogP contribution in [0.25, 0.3) is 11.1 Å². The summed E-state index contributed by atoms with van der Waals surface area (Å²) in [4.78, 5) is 37.3. The van der Waals surface area contributed by atoms with E-state index in [-0.39, 0.29) is 24.9 Å². The predicted octanol–water partition coefficient (Wildman–Crippen LogP) is 4.60. The molecule has 3 aliphatic rings. The Morgan fingerprint density at radius 2 is 1.57 bits per heavy atom. The van der Waals surface area contributed by atoms with Crippen molar-refractivity contribution in [3.05, 3.63) is 59.7 Å². The average Bonchev–Trinajstić information content (AvgIpc) is 3.49. The molecule has 0 aromatic heterocycles. The highest BCUT2D eigenvalue weighted by Crippen LogP contribution is 2.45. The molecule has 0 radical (unpaired) electrons. The first-order chi connectivity index (χ1) is 16.8. The van der Waals surface area contributed by atoms with Gasteiger partial charge in [0.15, 0.2) is 0 Å². The predicted molar refractivity (Wildman–Crippen MR) is 131 cm³/mol. The number of fused-ring (bicyclic) bond motifs is 3. The maximum atomic E-state index is 13.2. The SMILES string of the molecule is CC1(NC(=O)OCC2c3ccccc3-c3ccccc32)CCCCC1C(=O)NC1(CC(=O)O)CC1. The van der Waals surface area contributed by atoms with E-state index in [0.29, 0.717) is 25.7 Å². The quantitative estimate of drug-likeness (QED) is 0.542. The van der Waals surface area contributed by atoms with Crippen molar-refractivity contribution in [1.82, 2.24) is 10.6 Å². The number of hydrogen-bond donors (Lipinski definition) is 3. The summed E-state index contributed by atoms with van der Waals surface area (Å²) in [5.41, 5.74) is 3.26. The summed E-state index contributed by atoms with van der Waals surface area (Å²) in [6, 6.07) is 16.4. The van der Waals surface area contributed by atoms with Crippen molar-refractivity contribution in [1.29, 1.82) is 0 Å². The second-order valence-corrected chi connectivity index (χ2v) is 10.5. The van der Waals surface area contributed by atoms with Gasteiger partial charge in [0.1, 0.15) is 6.61 Å². The highest BCUT2D eigenvalue weighted by atomic mass is 16.5. The first-order valence-corrected chi connectivity index (χ1v) is 12.5. The van der Waals surface area contributed by atoms with E-state index in [1.54, 1.807) is 0 Å². The van der Waals surface area contributed by atoms with Gasteiger partial charge in [0.05, 0.1) is 23.4 Å². The molecule has 35 heavy (non-hydrogen) atoms. The standard InChI is InChI=1S/C28H32N2O5/c1-27(13-7-6-12-23(27)25(33)29-28(14-15-28)16-24(31)32)30-26(34)35-17-22-20-10-4-2-8-18(20)19-9-3-5-11-21(19)22/h2-5,8-11,22-23H,6-7,12-17H2,1H3,(H,29,33)(H,30,34)(H,31,32). The van der Waals surface area contributed by atoms with Gasteiger partial charge in [-0.2, -0.15) is 0 Å². The maximum absolute atomic E-state index is 13.2.